The van der Waals surface area contributed by atoms with E-state index in [0.717, 1.165) is 37.7 Å². The quantitative estimate of drug-likeness (QED) is 0.856. The highest BCUT2D eigenvalue weighted by Crippen LogP contribution is 2.26. The van der Waals surface area contributed by atoms with Crippen LogP contribution in [-0.2, 0) is 22.4 Å². The molecule has 1 heterocycles. The second-order valence-corrected chi connectivity index (χ2v) is 7.67. The maximum atomic E-state index is 12.5. The lowest BCUT2D eigenvalue weighted by atomic mass is 9.89. The smallest absolute Gasteiger partial charge is 0.311 e. The number of nitrogens with zero attached hydrogens (tertiary/aromatic N) is 1. The molecule has 1 fully saturated rings. The lowest BCUT2D eigenvalue weighted by Crippen LogP contribution is -2.47. The Kier molecular flexibility index (Phi) is 5.77. The summed E-state index contributed by atoms with van der Waals surface area (Å²) in [4.78, 5) is 26.7. The Morgan fingerprint density at radius 3 is 2.68 bits per heavy atom. The highest BCUT2D eigenvalue weighted by Gasteiger charge is 2.27. The van der Waals surface area contributed by atoms with E-state index in [2.05, 4.69) is 37.4 Å². The zero-order valence-electron chi connectivity index (χ0n) is 15.5. The van der Waals surface area contributed by atoms with Crippen molar-refractivity contribution >= 4 is 11.8 Å². The molecule has 2 atom stereocenters. The average molecular weight is 342 g/mol. The number of fused-ring (bicyclic) bond motifs is 1. The van der Waals surface area contributed by atoms with Gasteiger partial charge in [-0.2, -0.15) is 0 Å². The van der Waals surface area contributed by atoms with Gasteiger partial charge in [-0.25, -0.2) is 0 Å². The van der Waals surface area contributed by atoms with Crippen molar-refractivity contribution in [2.45, 2.75) is 64.8 Å². The van der Waals surface area contributed by atoms with E-state index >= 15 is 0 Å². The predicted octanol–water partition coefficient (Wildman–Crippen LogP) is 3.39. The molecule has 4 heteroatoms. The summed E-state index contributed by atoms with van der Waals surface area (Å²) >= 11 is 0. The van der Waals surface area contributed by atoms with Crippen LogP contribution in [0.15, 0.2) is 18.2 Å². The van der Waals surface area contributed by atoms with E-state index in [1.807, 2.05) is 0 Å². The minimum Gasteiger partial charge on any atom is -0.341 e. The molecule has 1 aromatic rings. The van der Waals surface area contributed by atoms with E-state index < -0.39 is 5.91 Å². The molecule has 2 aliphatic rings. The molecule has 0 aromatic heterocycles. The zero-order chi connectivity index (χ0) is 17.8. The molecule has 3 rings (SSSR count). The number of carbonyl (C=O) groups is 2. The maximum Gasteiger partial charge on any atom is 0.311 e. The number of nitrogens with one attached hydrogen (secondary N) is 1. The Morgan fingerprint density at radius 2 is 1.96 bits per heavy atom. The van der Waals surface area contributed by atoms with Gasteiger partial charge in [0.2, 0.25) is 0 Å². The van der Waals surface area contributed by atoms with Gasteiger partial charge in [0.1, 0.15) is 0 Å². The molecule has 2 amide bonds. The first-order chi connectivity index (χ1) is 12.1. The molecule has 1 aliphatic heterocycles. The Labute approximate surface area is 151 Å². The molecule has 0 bridgehead atoms. The first kappa shape index (κ1) is 18.0. The third-order valence-electron chi connectivity index (χ3n) is 5.63. The van der Waals surface area contributed by atoms with Crippen LogP contribution in [0.5, 0.6) is 0 Å². The van der Waals surface area contributed by atoms with Crippen LogP contribution in [0, 0.1) is 5.92 Å². The first-order valence-electron chi connectivity index (χ1n) is 9.80. The number of rotatable bonds is 3. The van der Waals surface area contributed by atoms with Gasteiger partial charge < -0.3 is 10.2 Å². The summed E-state index contributed by atoms with van der Waals surface area (Å²) in [5.41, 5.74) is 3.97. The Morgan fingerprint density at radius 1 is 1.20 bits per heavy atom. The van der Waals surface area contributed by atoms with Crippen LogP contribution in [-0.4, -0.2) is 29.8 Å². The number of hydrogen-bond donors (Lipinski definition) is 1. The molecule has 1 N–H and O–H groups in total. The summed E-state index contributed by atoms with van der Waals surface area (Å²) in [5, 5.41) is 2.97. The fourth-order valence-electron chi connectivity index (χ4n) is 4.13. The molecular formula is C21H30N2O2. The molecule has 1 aliphatic carbocycles. The Bertz CT molecular complexity index is 641. The minimum atomic E-state index is -0.460. The van der Waals surface area contributed by atoms with Crippen molar-refractivity contribution in [1.29, 1.82) is 0 Å². The van der Waals surface area contributed by atoms with Crippen LogP contribution in [0.3, 0.4) is 0 Å². The molecule has 1 saturated heterocycles. The highest BCUT2D eigenvalue weighted by molar-refractivity contribution is 6.35. The molecular weight excluding hydrogens is 312 g/mol. The number of aryl methyl sites for hydroxylation is 2. The lowest BCUT2D eigenvalue weighted by Gasteiger charge is -2.31. The van der Waals surface area contributed by atoms with Gasteiger partial charge in [0.15, 0.2) is 0 Å². The monoisotopic (exact) mass is 342 g/mol. The van der Waals surface area contributed by atoms with Gasteiger partial charge in [0, 0.05) is 13.1 Å². The number of likely N-dealkylation sites (tertiary alicyclic amines) is 1. The standard InChI is InChI=1S/C21H30N2O2/c1-3-19(18-11-10-16-8-4-5-9-17(16)13-18)22-20(24)21(25)23-12-6-7-15(2)14-23/h10-11,13,15,19H,3-9,12,14H2,1-2H3,(H,22,24). The van der Waals surface area contributed by atoms with E-state index in [0.29, 0.717) is 19.0 Å². The normalized spacial score (nSPS) is 21.4. The van der Waals surface area contributed by atoms with Crippen LogP contribution in [0.4, 0.5) is 0 Å². The van der Waals surface area contributed by atoms with Crippen LogP contribution in [0.25, 0.3) is 0 Å². The summed E-state index contributed by atoms with van der Waals surface area (Å²) in [6, 6.07) is 6.46. The second-order valence-electron chi connectivity index (χ2n) is 7.67. The van der Waals surface area contributed by atoms with Crippen molar-refractivity contribution in [1.82, 2.24) is 10.2 Å². The van der Waals surface area contributed by atoms with E-state index in [9.17, 15) is 9.59 Å². The van der Waals surface area contributed by atoms with Crippen molar-refractivity contribution in [3.05, 3.63) is 34.9 Å². The van der Waals surface area contributed by atoms with Gasteiger partial charge in [-0.3, -0.25) is 9.59 Å². The van der Waals surface area contributed by atoms with Crippen LogP contribution < -0.4 is 5.32 Å². The predicted molar refractivity (Wildman–Crippen MR) is 99.2 cm³/mol. The number of carbonyl (C=O) groups excluding carboxylic acids is 2. The minimum absolute atomic E-state index is 0.0918. The van der Waals surface area contributed by atoms with Crippen LogP contribution in [0.2, 0.25) is 0 Å². The Hall–Kier alpha value is -1.84. The third kappa shape index (κ3) is 4.23. The fourth-order valence-corrected chi connectivity index (χ4v) is 4.13. The van der Waals surface area contributed by atoms with Gasteiger partial charge in [0.25, 0.3) is 0 Å². The van der Waals surface area contributed by atoms with Gasteiger partial charge in [-0.15, -0.1) is 0 Å². The van der Waals surface area contributed by atoms with Crippen LogP contribution >= 0.6 is 0 Å². The van der Waals surface area contributed by atoms with Crippen molar-refractivity contribution < 1.29 is 9.59 Å². The molecule has 1 aromatic carbocycles. The van der Waals surface area contributed by atoms with Crippen LogP contribution in [0.1, 0.15) is 68.7 Å². The molecule has 2 unspecified atom stereocenters. The molecule has 0 saturated carbocycles. The van der Waals surface area contributed by atoms with Crippen molar-refractivity contribution in [3.8, 4) is 0 Å². The van der Waals surface area contributed by atoms with E-state index in [1.54, 1.807) is 4.90 Å². The van der Waals surface area contributed by atoms with Crippen molar-refractivity contribution in [3.63, 3.8) is 0 Å². The summed E-state index contributed by atoms with van der Waals surface area (Å²) in [5.74, 6) is -0.352. The first-order valence-corrected chi connectivity index (χ1v) is 9.80. The van der Waals surface area contributed by atoms with Gasteiger partial charge >= 0.3 is 11.8 Å². The third-order valence-corrected chi connectivity index (χ3v) is 5.63. The van der Waals surface area contributed by atoms with Gasteiger partial charge in [-0.1, -0.05) is 32.0 Å². The van der Waals surface area contributed by atoms with E-state index in [-0.39, 0.29) is 11.9 Å². The largest absolute Gasteiger partial charge is 0.341 e. The molecule has 25 heavy (non-hydrogen) atoms. The summed E-state index contributed by atoms with van der Waals surface area (Å²) < 4.78 is 0. The number of amides is 2. The summed E-state index contributed by atoms with van der Waals surface area (Å²) in [6.07, 6.45) is 7.70. The SMILES string of the molecule is CCC(NC(=O)C(=O)N1CCCC(C)C1)c1ccc2c(c1)CCCC2. The summed E-state index contributed by atoms with van der Waals surface area (Å²) in [7, 11) is 0. The van der Waals surface area contributed by atoms with Crippen molar-refractivity contribution in [2.24, 2.45) is 5.92 Å². The maximum absolute atomic E-state index is 12.5. The molecule has 0 spiro atoms. The Balaban J connectivity index is 1.67. The molecule has 136 valence electrons. The van der Waals surface area contributed by atoms with E-state index in [4.69, 9.17) is 0 Å². The number of hydrogen-bond acceptors (Lipinski definition) is 2. The molecule has 0 radical (unpaired) electrons. The average Bonchev–Trinajstić information content (AvgIpc) is 2.65. The van der Waals surface area contributed by atoms with E-state index in [1.165, 1.54) is 24.0 Å². The topological polar surface area (TPSA) is 49.4 Å². The number of benzene rings is 1. The lowest BCUT2D eigenvalue weighted by molar-refractivity contribution is -0.147. The second kappa shape index (κ2) is 8.03. The zero-order valence-corrected chi connectivity index (χ0v) is 15.5. The van der Waals surface area contributed by atoms with Gasteiger partial charge in [0.05, 0.1) is 6.04 Å². The number of piperidine rings is 1. The molecule has 4 nitrogen and oxygen atoms in total. The van der Waals surface area contributed by atoms with Gasteiger partial charge in [-0.05, 0) is 67.6 Å². The highest BCUT2D eigenvalue weighted by atomic mass is 16.2. The van der Waals surface area contributed by atoms with Crippen molar-refractivity contribution in [2.75, 3.05) is 13.1 Å². The fraction of sp³-hybridized carbons (Fsp3) is 0.619. The summed E-state index contributed by atoms with van der Waals surface area (Å²) in [6.45, 7) is 5.59.